The summed E-state index contributed by atoms with van der Waals surface area (Å²) < 4.78 is 28.4. The van der Waals surface area contributed by atoms with Crippen LogP contribution in [-0.2, 0) is 25.2 Å². The van der Waals surface area contributed by atoms with Crippen LogP contribution in [0.2, 0.25) is 0 Å². The van der Waals surface area contributed by atoms with Crippen LogP contribution in [0.15, 0.2) is 12.1 Å². The molecule has 0 heterocycles. The van der Waals surface area contributed by atoms with E-state index in [0.29, 0.717) is 0 Å². The van der Waals surface area contributed by atoms with E-state index >= 15 is 0 Å². The van der Waals surface area contributed by atoms with Crippen molar-refractivity contribution in [3.63, 3.8) is 0 Å². The van der Waals surface area contributed by atoms with Gasteiger partial charge < -0.3 is 0 Å². The number of halogens is 2. The number of rotatable bonds is 5. The van der Waals surface area contributed by atoms with Crippen molar-refractivity contribution in [1.82, 2.24) is 0 Å². The van der Waals surface area contributed by atoms with Gasteiger partial charge in [0.1, 0.15) is 0 Å². The van der Waals surface area contributed by atoms with E-state index in [9.17, 15) is 13.6 Å². The molecule has 0 bridgehead atoms. The molecule has 1 aliphatic rings. The molecule has 1 aliphatic carbocycles. The van der Waals surface area contributed by atoms with Gasteiger partial charge in [-0.15, -0.1) is 0 Å². The number of hydrogen-bond donors (Lipinski definition) is 0. The standard InChI is InChI=1S/C19H26F2NO.Ti/c1-4-12-19(2,3)18(23)22(15-8-6-5-7-9-15)17-11-10-14(20)13-16(17)21;/h10-11,15H,4-9,12H2,1-3H3;. The van der Waals surface area contributed by atoms with Gasteiger partial charge in [0.25, 0.3) is 0 Å². The molecule has 1 amide bonds. The molecule has 0 aromatic heterocycles. The second-order valence-electron chi connectivity index (χ2n) is 7.36. The Hall–Kier alpha value is -0.736. The Kier molecular flexibility index (Phi) is 6.61. The zero-order valence-corrected chi connectivity index (χ0v) is 16.4. The fourth-order valence-electron chi connectivity index (χ4n) is 3.60. The molecule has 1 aromatic carbocycles. The summed E-state index contributed by atoms with van der Waals surface area (Å²) in [6.45, 7) is 5.88. The summed E-state index contributed by atoms with van der Waals surface area (Å²) in [4.78, 5) is 14.9. The summed E-state index contributed by atoms with van der Waals surface area (Å²) in [5, 5.41) is 0. The van der Waals surface area contributed by atoms with Gasteiger partial charge in [0, 0.05) is 0 Å². The Bertz CT molecular complexity index is 597. The van der Waals surface area contributed by atoms with Gasteiger partial charge in [-0.3, -0.25) is 0 Å². The Balaban J connectivity index is 2.47. The Morgan fingerprint density at radius 3 is 2.46 bits per heavy atom. The summed E-state index contributed by atoms with van der Waals surface area (Å²) in [5.74, 6) is -1.23. The number of anilines is 1. The van der Waals surface area contributed by atoms with Crippen LogP contribution in [0.5, 0.6) is 0 Å². The summed E-state index contributed by atoms with van der Waals surface area (Å²) in [6, 6.07) is 2.69. The van der Waals surface area contributed by atoms with Crippen LogP contribution in [0, 0.1) is 17.0 Å². The van der Waals surface area contributed by atoms with Crippen molar-refractivity contribution >= 4 is 15.5 Å². The molecule has 1 fully saturated rings. The molecule has 2 nitrogen and oxygen atoms in total. The van der Waals surface area contributed by atoms with Crippen LogP contribution >= 0.6 is 0 Å². The molecule has 0 unspecified atom stereocenters. The Morgan fingerprint density at radius 2 is 1.88 bits per heavy atom. The number of hydrogen-bond acceptors (Lipinski definition) is 1. The van der Waals surface area contributed by atoms with Crippen molar-refractivity contribution in [2.45, 2.75) is 71.8 Å². The van der Waals surface area contributed by atoms with Crippen molar-refractivity contribution in [2.24, 2.45) is 5.41 Å². The first-order valence-electron chi connectivity index (χ1n) is 8.83. The fraction of sp³-hybridized carbons (Fsp3) is 0.632. The topological polar surface area (TPSA) is 20.3 Å². The molecular weight excluding hydrogens is 344 g/mol. The number of carbonyl (C=O) groups excluding carboxylic acids is 1. The molecule has 1 saturated carbocycles. The third-order valence-corrected chi connectivity index (χ3v) is 5.66. The van der Waals surface area contributed by atoms with Crippen LogP contribution in [0.25, 0.3) is 0 Å². The van der Waals surface area contributed by atoms with Gasteiger partial charge in [-0.1, -0.05) is 0 Å². The number of benzene rings is 1. The molecule has 0 atom stereocenters. The van der Waals surface area contributed by atoms with Gasteiger partial charge in [0.15, 0.2) is 0 Å². The van der Waals surface area contributed by atoms with E-state index in [4.69, 9.17) is 0 Å². The molecule has 0 spiro atoms. The van der Waals surface area contributed by atoms with Gasteiger partial charge in [-0.05, 0) is 0 Å². The second kappa shape index (κ2) is 8.10. The Morgan fingerprint density at radius 1 is 1.25 bits per heavy atom. The zero-order valence-electron chi connectivity index (χ0n) is 14.8. The van der Waals surface area contributed by atoms with Crippen LogP contribution in [0.3, 0.4) is 0 Å². The number of nitrogens with zero attached hydrogens (tertiary/aromatic N) is 1. The summed E-state index contributed by atoms with van der Waals surface area (Å²) in [5.41, 5.74) is -0.323. The van der Waals surface area contributed by atoms with Gasteiger partial charge in [-0.25, -0.2) is 0 Å². The summed E-state index contributed by atoms with van der Waals surface area (Å²) in [7, 11) is 0. The quantitative estimate of drug-likeness (QED) is 0.692. The number of amides is 1. The molecule has 0 aliphatic heterocycles. The van der Waals surface area contributed by atoms with Gasteiger partial charge in [0.2, 0.25) is 0 Å². The van der Waals surface area contributed by atoms with Crippen molar-refractivity contribution in [2.75, 3.05) is 4.90 Å². The van der Waals surface area contributed by atoms with Crippen molar-refractivity contribution in [3.8, 4) is 0 Å². The summed E-state index contributed by atoms with van der Waals surface area (Å²) >= 11 is 1.43. The molecular formula is C19H26F2NOTi. The third-order valence-electron chi connectivity index (χ3n) is 4.94. The molecule has 1 aromatic rings. The predicted molar refractivity (Wildman–Crippen MR) is 89.0 cm³/mol. The monoisotopic (exact) mass is 370 g/mol. The van der Waals surface area contributed by atoms with Crippen molar-refractivity contribution in [1.29, 1.82) is 0 Å². The molecule has 131 valence electrons. The molecule has 2 rings (SSSR count). The van der Waals surface area contributed by atoms with Crippen LogP contribution in [0.1, 0.15) is 65.7 Å². The van der Waals surface area contributed by atoms with Crippen molar-refractivity contribution in [3.05, 3.63) is 23.8 Å². The van der Waals surface area contributed by atoms with E-state index < -0.39 is 17.0 Å². The minimum atomic E-state index is -0.610. The third kappa shape index (κ3) is 4.08. The number of carbonyl (C=O) groups is 1. The van der Waals surface area contributed by atoms with E-state index in [-0.39, 0.29) is 21.5 Å². The summed E-state index contributed by atoms with van der Waals surface area (Å²) in [6.07, 6.45) is 6.64. The van der Waals surface area contributed by atoms with Gasteiger partial charge >= 0.3 is 155 Å². The predicted octanol–water partition coefficient (Wildman–Crippen LogP) is 4.63. The second-order valence-corrected chi connectivity index (χ2v) is 8.14. The molecule has 0 N–H and O–H groups in total. The van der Waals surface area contributed by atoms with Crippen LogP contribution < -0.4 is 8.77 Å². The first-order valence-corrected chi connectivity index (χ1v) is 9.61. The maximum absolute atomic E-state index is 14.8. The van der Waals surface area contributed by atoms with Crippen molar-refractivity contribution < 1.29 is 34.0 Å². The van der Waals surface area contributed by atoms with E-state index in [1.54, 1.807) is 4.90 Å². The van der Waals surface area contributed by atoms with E-state index in [1.165, 1.54) is 32.6 Å². The average molecular weight is 370 g/mol. The zero-order chi connectivity index (χ0) is 17.9. The molecule has 5 heteroatoms. The van der Waals surface area contributed by atoms with E-state index in [2.05, 4.69) is 0 Å². The first kappa shape index (κ1) is 19.6. The maximum atomic E-state index is 14.8. The van der Waals surface area contributed by atoms with Gasteiger partial charge in [0.05, 0.1) is 0 Å². The molecule has 24 heavy (non-hydrogen) atoms. The first-order chi connectivity index (χ1) is 11.3. The normalized spacial score (nSPS) is 16.2. The van der Waals surface area contributed by atoms with Gasteiger partial charge in [-0.2, -0.15) is 0 Å². The molecule has 0 radical (unpaired) electrons. The minimum absolute atomic E-state index is 0.00161. The molecule has 0 saturated heterocycles. The fourth-order valence-corrected chi connectivity index (χ4v) is 3.93. The van der Waals surface area contributed by atoms with Crippen LogP contribution in [0.4, 0.5) is 14.5 Å². The van der Waals surface area contributed by atoms with E-state index in [0.717, 1.165) is 44.9 Å². The SMILES string of the molecule is CCCC(C)(C)C(=O)N(c1ccc(F)[c]([Ti])c1F)C1CCCCC1. The van der Waals surface area contributed by atoms with E-state index in [1.807, 2.05) is 20.8 Å². The van der Waals surface area contributed by atoms with Crippen LogP contribution in [-0.4, -0.2) is 11.9 Å². The Labute approximate surface area is 155 Å². The average Bonchev–Trinajstić information content (AvgIpc) is 2.56.